The lowest BCUT2D eigenvalue weighted by molar-refractivity contribution is 0.0915. The first-order valence-electron chi connectivity index (χ1n) is 9.68. The molecule has 1 aromatic heterocycles. The second-order valence-corrected chi connectivity index (χ2v) is 8.13. The van der Waals surface area contributed by atoms with Crippen molar-refractivity contribution in [3.05, 3.63) is 66.0 Å². The molecule has 0 saturated heterocycles. The number of aromatic nitrogens is 2. The molecule has 0 aliphatic carbocycles. The van der Waals surface area contributed by atoms with Crippen LogP contribution in [0.1, 0.15) is 16.8 Å². The number of nitrogens with zero attached hydrogens (tertiary/aromatic N) is 1. The number of aliphatic hydroxyl groups excluding tert-OH is 1. The second kappa shape index (κ2) is 8.85. The highest BCUT2D eigenvalue weighted by Gasteiger charge is 2.18. The number of benzene rings is 3. The fourth-order valence-corrected chi connectivity index (χ4v) is 4.03. The zero-order valence-electron chi connectivity index (χ0n) is 16.5. The molecule has 30 heavy (non-hydrogen) atoms. The summed E-state index contributed by atoms with van der Waals surface area (Å²) < 4.78 is 14.7. The van der Waals surface area contributed by atoms with Crippen molar-refractivity contribution in [1.29, 1.82) is 0 Å². The summed E-state index contributed by atoms with van der Waals surface area (Å²) in [6, 6.07) is 16.4. The van der Waals surface area contributed by atoms with E-state index in [-0.39, 0.29) is 23.7 Å². The summed E-state index contributed by atoms with van der Waals surface area (Å²) >= 11 is 1.64. The maximum absolute atomic E-state index is 14.7. The van der Waals surface area contributed by atoms with Gasteiger partial charge in [0, 0.05) is 16.5 Å². The highest BCUT2D eigenvalue weighted by molar-refractivity contribution is 7.98. The van der Waals surface area contributed by atoms with Crippen LogP contribution < -0.4 is 5.32 Å². The fraction of sp³-hybridized carbons (Fsp3) is 0.217. The molecule has 1 heterocycles. The van der Waals surface area contributed by atoms with E-state index in [1.807, 2.05) is 48.7 Å². The monoisotopic (exact) mass is 423 g/mol. The summed E-state index contributed by atoms with van der Waals surface area (Å²) in [5.41, 5.74) is 1.91. The molecule has 5 nitrogen and oxygen atoms in total. The van der Waals surface area contributed by atoms with Gasteiger partial charge in [-0.3, -0.25) is 9.89 Å². The summed E-state index contributed by atoms with van der Waals surface area (Å²) in [5.74, 6) is -0.167. The number of carbonyl (C=O) groups excluding carboxylic acids is 1. The van der Waals surface area contributed by atoms with Gasteiger partial charge in [0.15, 0.2) is 5.82 Å². The van der Waals surface area contributed by atoms with Gasteiger partial charge in [0.05, 0.1) is 18.3 Å². The van der Waals surface area contributed by atoms with E-state index >= 15 is 0 Å². The molecule has 0 bridgehead atoms. The van der Waals surface area contributed by atoms with Gasteiger partial charge in [-0.1, -0.05) is 36.4 Å². The number of hydrogen-bond acceptors (Lipinski definition) is 4. The predicted molar refractivity (Wildman–Crippen MR) is 120 cm³/mol. The van der Waals surface area contributed by atoms with Crippen LogP contribution >= 0.6 is 11.8 Å². The Hall–Kier alpha value is -2.90. The Morgan fingerprint density at radius 3 is 2.77 bits per heavy atom. The maximum atomic E-state index is 14.7. The van der Waals surface area contributed by atoms with Crippen LogP contribution in [-0.2, 0) is 0 Å². The lowest BCUT2D eigenvalue weighted by Crippen LogP contribution is -2.38. The van der Waals surface area contributed by atoms with E-state index < -0.39 is 11.7 Å². The normalized spacial score (nSPS) is 12.4. The molecule has 0 fully saturated rings. The Balaban J connectivity index is 1.71. The van der Waals surface area contributed by atoms with E-state index in [4.69, 9.17) is 0 Å². The Kier molecular flexibility index (Phi) is 6.01. The predicted octanol–water partition coefficient (Wildman–Crippen LogP) is 4.37. The van der Waals surface area contributed by atoms with Gasteiger partial charge >= 0.3 is 0 Å². The summed E-state index contributed by atoms with van der Waals surface area (Å²) in [5, 5.41) is 22.0. The minimum absolute atomic E-state index is 0.162. The lowest BCUT2D eigenvalue weighted by Gasteiger charge is -2.16. The third-order valence-electron chi connectivity index (χ3n) is 5.14. The molecule has 3 aromatic carbocycles. The van der Waals surface area contributed by atoms with Crippen molar-refractivity contribution in [2.75, 3.05) is 18.6 Å². The zero-order chi connectivity index (χ0) is 21.1. The molecule has 1 atom stereocenters. The second-order valence-electron chi connectivity index (χ2n) is 7.15. The molecule has 1 unspecified atom stereocenters. The van der Waals surface area contributed by atoms with Gasteiger partial charge < -0.3 is 10.4 Å². The van der Waals surface area contributed by atoms with E-state index in [9.17, 15) is 14.3 Å². The molecule has 154 valence electrons. The minimum Gasteiger partial charge on any atom is -0.394 e. The Bertz CT molecular complexity index is 1210. The number of rotatable bonds is 7. The van der Waals surface area contributed by atoms with E-state index in [1.165, 1.54) is 6.07 Å². The van der Waals surface area contributed by atoms with Crippen molar-refractivity contribution in [3.8, 4) is 11.3 Å². The van der Waals surface area contributed by atoms with E-state index in [0.717, 1.165) is 22.1 Å². The van der Waals surface area contributed by atoms with Crippen LogP contribution in [0.15, 0.2) is 54.6 Å². The lowest BCUT2D eigenvalue weighted by atomic mass is 10.0. The van der Waals surface area contributed by atoms with Crippen molar-refractivity contribution >= 4 is 39.3 Å². The van der Waals surface area contributed by atoms with Crippen LogP contribution in [0.2, 0.25) is 0 Å². The zero-order valence-corrected chi connectivity index (χ0v) is 17.3. The maximum Gasteiger partial charge on any atom is 0.251 e. The van der Waals surface area contributed by atoms with Gasteiger partial charge in [-0.05, 0) is 47.4 Å². The smallest absolute Gasteiger partial charge is 0.251 e. The number of hydrogen-bond donors (Lipinski definition) is 3. The first-order chi connectivity index (χ1) is 14.6. The third kappa shape index (κ3) is 4.04. The number of thioether (sulfide) groups is 1. The number of amides is 1. The molecule has 4 aromatic rings. The average Bonchev–Trinajstić information content (AvgIpc) is 3.20. The Morgan fingerprint density at radius 1 is 1.20 bits per heavy atom. The van der Waals surface area contributed by atoms with Crippen LogP contribution in [-0.4, -0.2) is 45.9 Å². The van der Waals surface area contributed by atoms with Crippen LogP contribution in [0.4, 0.5) is 4.39 Å². The van der Waals surface area contributed by atoms with Crippen molar-refractivity contribution in [2.24, 2.45) is 0 Å². The molecule has 1 amide bonds. The van der Waals surface area contributed by atoms with Crippen molar-refractivity contribution in [2.45, 2.75) is 12.5 Å². The van der Waals surface area contributed by atoms with Gasteiger partial charge in [-0.2, -0.15) is 16.9 Å². The molecule has 4 rings (SSSR count). The number of carbonyl (C=O) groups is 1. The highest BCUT2D eigenvalue weighted by atomic mass is 32.2. The molecule has 0 spiro atoms. The van der Waals surface area contributed by atoms with E-state index in [1.54, 1.807) is 17.8 Å². The molecule has 0 radical (unpaired) electrons. The third-order valence-corrected chi connectivity index (χ3v) is 5.78. The molecular formula is C23H22FN3O2S. The van der Waals surface area contributed by atoms with E-state index in [2.05, 4.69) is 15.5 Å². The van der Waals surface area contributed by atoms with Crippen molar-refractivity contribution < 1.29 is 14.3 Å². The number of aliphatic hydroxyl groups is 1. The number of H-pyrrole nitrogens is 1. The summed E-state index contributed by atoms with van der Waals surface area (Å²) in [6.45, 7) is -0.162. The first kappa shape index (κ1) is 20.4. The van der Waals surface area contributed by atoms with Gasteiger partial charge in [0.25, 0.3) is 5.91 Å². The summed E-state index contributed by atoms with van der Waals surface area (Å²) in [6.07, 6.45) is 2.61. The van der Waals surface area contributed by atoms with Crippen LogP contribution in [0.3, 0.4) is 0 Å². The molecule has 3 N–H and O–H groups in total. The molecule has 0 saturated carbocycles. The Labute approximate surface area is 177 Å². The van der Waals surface area contributed by atoms with E-state index in [0.29, 0.717) is 17.5 Å². The summed E-state index contributed by atoms with van der Waals surface area (Å²) in [4.78, 5) is 12.7. The quantitative estimate of drug-likeness (QED) is 0.413. The number of aromatic amines is 1. The SMILES string of the molecule is CSCCC(CO)NC(=O)c1cc(F)c2n[nH]c(-c3ccc4ccccc4c3)c2c1. The summed E-state index contributed by atoms with van der Waals surface area (Å²) in [7, 11) is 0. The van der Waals surface area contributed by atoms with Gasteiger partial charge in [0.2, 0.25) is 0 Å². The molecule has 0 aliphatic rings. The Morgan fingerprint density at radius 2 is 2.00 bits per heavy atom. The highest BCUT2D eigenvalue weighted by Crippen LogP contribution is 2.31. The standard InChI is InChI=1S/C23H22FN3O2S/c1-30-9-8-18(13-28)25-23(29)17-11-19-21(26-27-22(19)20(24)12-17)16-7-6-14-4-2-3-5-15(14)10-16/h2-7,10-12,18,28H,8-9,13H2,1H3,(H,25,29)(H,26,27). The largest absolute Gasteiger partial charge is 0.394 e. The molecule has 0 aliphatic heterocycles. The minimum atomic E-state index is -0.564. The van der Waals surface area contributed by atoms with Crippen LogP contribution in [0.5, 0.6) is 0 Å². The first-order valence-corrected chi connectivity index (χ1v) is 11.1. The topological polar surface area (TPSA) is 78.0 Å². The van der Waals surface area contributed by atoms with Crippen LogP contribution in [0, 0.1) is 5.82 Å². The van der Waals surface area contributed by atoms with Crippen molar-refractivity contribution in [1.82, 2.24) is 15.5 Å². The molecular weight excluding hydrogens is 401 g/mol. The number of halogens is 1. The van der Waals surface area contributed by atoms with Crippen LogP contribution in [0.25, 0.3) is 32.9 Å². The molecule has 7 heteroatoms. The number of nitrogens with one attached hydrogen (secondary N) is 2. The van der Waals surface area contributed by atoms with Crippen molar-refractivity contribution in [3.63, 3.8) is 0 Å². The number of fused-ring (bicyclic) bond motifs is 2. The fourth-order valence-electron chi connectivity index (χ4n) is 3.51. The van der Waals surface area contributed by atoms with Gasteiger partial charge in [-0.25, -0.2) is 4.39 Å². The average molecular weight is 424 g/mol. The van der Waals surface area contributed by atoms with Gasteiger partial charge in [0.1, 0.15) is 5.52 Å². The van der Waals surface area contributed by atoms with Gasteiger partial charge in [-0.15, -0.1) is 0 Å².